The van der Waals surface area contributed by atoms with Crippen molar-refractivity contribution in [1.82, 2.24) is 4.98 Å². The summed E-state index contributed by atoms with van der Waals surface area (Å²) in [5.74, 6) is -1.16. The molecule has 6 nitrogen and oxygen atoms in total. The predicted molar refractivity (Wildman–Crippen MR) is 70.7 cm³/mol. The zero-order valence-corrected chi connectivity index (χ0v) is 12.1. The first-order valence-corrected chi connectivity index (χ1v) is 6.69. The molecule has 1 rings (SSSR count). The first-order chi connectivity index (χ1) is 8.32. The Balaban J connectivity index is 3.10. The number of rotatable bonds is 5. The van der Waals surface area contributed by atoms with E-state index in [0.29, 0.717) is 4.47 Å². The van der Waals surface area contributed by atoms with Crippen LogP contribution in [-0.4, -0.2) is 26.2 Å². The average molecular weight is 335 g/mol. The molecule has 0 aliphatic rings. The number of carboxylic acids is 1. The molecule has 0 aliphatic heterocycles. The number of halogens is 1. The van der Waals surface area contributed by atoms with Crippen LogP contribution in [0.15, 0.2) is 21.8 Å². The van der Waals surface area contributed by atoms with Gasteiger partial charge >= 0.3 is 11.7 Å². The topological polar surface area (TPSA) is 93.3 Å². The Morgan fingerprint density at radius 2 is 2.22 bits per heavy atom. The molecule has 0 aromatic carbocycles. The third kappa shape index (κ3) is 3.67. The number of hydrogen-bond donors (Lipinski definition) is 1. The highest BCUT2D eigenvalue weighted by Crippen LogP contribution is 2.34. The Morgan fingerprint density at radius 1 is 1.61 bits per heavy atom. The van der Waals surface area contributed by atoms with Gasteiger partial charge in [-0.05, 0) is 21.8 Å². The largest absolute Gasteiger partial charge is 0.480 e. The van der Waals surface area contributed by atoms with E-state index in [1.807, 2.05) is 0 Å². The van der Waals surface area contributed by atoms with Gasteiger partial charge in [0.1, 0.15) is 5.25 Å². The molecule has 0 bridgehead atoms. The molecule has 1 aromatic rings. The summed E-state index contributed by atoms with van der Waals surface area (Å²) in [6, 6.07) is 1.31. The Morgan fingerprint density at radius 3 is 2.67 bits per heavy atom. The van der Waals surface area contributed by atoms with Crippen LogP contribution in [0.3, 0.4) is 0 Å². The summed E-state index contributed by atoms with van der Waals surface area (Å²) in [6.45, 7) is 3.49. The third-order valence-electron chi connectivity index (χ3n) is 2.08. The summed E-state index contributed by atoms with van der Waals surface area (Å²) in [7, 11) is 0. The van der Waals surface area contributed by atoms with Crippen molar-refractivity contribution in [3.05, 3.63) is 26.9 Å². The average Bonchev–Trinajstić information content (AvgIpc) is 2.25. The van der Waals surface area contributed by atoms with Crippen molar-refractivity contribution in [2.75, 3.05) is 0 Å². The van der Waals surface area contributed by atoms with Gasteiger partial charge in [-0.1, -0.05) is 25.6 Å². The molecule has 1 heterocycles. The SMILES string of the molecule is CC(C)C(Sc1ncc(Br)cc1[N+](=O)[O-])C(=O)O. The highest BCUT2D eigenvalue weighted by molar-refractivity contribution is 9.10. The van der Waals surface area contributed by atoms with Gasteiger partial charge in [-0.15, -0.1) is 0 Å². The van der Waals surface area contributed by atoms with Crippen molar-refractivity contribution in [3.8, 4) is 0 Å². The molecule has 18 heavy (non-hydrogen) atoms. The van der Waals surface area contributed by atoms with E-state index < -0.39 is 16.1 Å². The van der Waals surface area contributed by atoms with Crippen molar-refractivity contribution < 1.29 is 14.8 Å². The van der Waals surface area contributed by atoms with Gasteiger partial charge in [-0.3, -0.25) is 14.9 Å². The maximum atomic E-state index is 11.1. The number of carbonyl (C=O) groups is 1. The minimum absolute atomic E-state index is 0.115. The lowest BCUT2D eigenvalue weighted by molar-refractivity contribution is -0.388. The number of nitro groups is 1. The van der Waals surface area contributed by atoms with Gasteiger partial charge in [-0.2, -0.15) is 0 Å². The lowest BCUT2D eigenvalue weighted by atomic mass is 10.1. The lowest BCUT2D eigenvalue weighted by Crippen LogP contribution is -2.22. The van der Waals surface area contributed by atoms with Crippen molar-refractivity contribution >= 4 is 39.3 Å². The number of aromatic nitrogens is 1. The van der Waals surface area contributed by atoms with Crippen molar-refractivity contribution in [2.24, 2.45) is 5.92 Å². The van der Waals surface area contributed by atoms with E-state index in [0.717, 1.165) is 11.8 Å². The minimum atomic E-state index is -1.01. The predicted octanol–water partition coefficient (Wildman–Crippen LogP) is 2.95. The first-order valence-electron chi connectivity index (χ1n) is 5.02. The smallest absolute Gasteiger partial charge is 0.317 e. The second kappa shape index (κ2) is 6.14. The van der Waals surface area contributed by atoms with Crippen molar-refractivity contribution in [2.45, 2.75) is 24.1 Å². The van der Waals surface area contributed by atoms with Gasteiger partial charge in [0.05, 0.1) is 4.92 Å². The second-order valence-electron chi connectivity index (χ2n) is 3.86. The molecule has 0 saturated heterocycles. The molecule has 0 spiro atoms. The fourth-order valence-corrected chi connectivity index (χ4v) is 2.53. The molecule has 1 atom stereocenters. The summed E-state index contributed by atoms with van der Waals surface area (Å²) in [5.41, 5.74) is -0.193. The molecule has 0 aliphatic carbocycles. The van der Waals surface area contributed by atoms with Gasteiger partial charge in [-0.25, -0.2) is 4.98 Å². The van der Waals surface area contributed by atoms with Gasteiger partial charge < -0.3 is 5.11 Å². The normalized spacial score (nSPS) is 12.4. The van der Waals surface area contributed by atoms with Crippen LogP contribution < -0.4 is 0 Å². The first kappa shape index (κ1) is 14.9. The molecule has 0 radical (unpaired) electrons. The number of carboxylic acid groups (broad SMARTS) is 1. The number of hydrogen-bond acceptors (Lipinski definition) is 5. The van der Waals surface area contributed by atoms with Crippen LogP contribution >= 0.6 is 27.7 Å². The molecule has 0 fully saturated rings. The van der Waals surface area contributed by atoms with E-state index >= 15 is 0 Å². The number of thioether (sulfide) groups is 1. The van der Waals surface area contributed by atoms with Gasteiger partial charge in [0.25, 0.3) is 0 Å². The van der Waals surface area contributed by atoms with Crippen molar-refractivity contribution in [3.63, 3.8) is 0 Å². The van der Waals surface area contributed by atoms with Crippen LogP contribution in [-0.2, 0) is 4.79 Å². The molecular weight excluding hydrogens is 324 g/mol. The molecule has 1 aromatic heterocycles. The summed E-state index contributed by atoms with van der Waals surface area (Å²) in [6.07, 6.45) is 1.41. The molecule has 8 heteroatoms. The zero-order chi connectivity index (χ0) is 13.9. The molecule has 0 saturated carbocycles. The Labute approximate surface area is 116 Å². The molecular formula is C10H11BrN2O4S. The van der Waals surface area contributed by atoms with Crippen molar-refractivity contribution in [1.29, 1.82) is 0 Å². The monoisotopic (exact) mass is 334 g/mol. The van der Waals surface area contributed by atoms with Crippen LogP contribution in [0, 0.1) is 16.0 Å². The maximum absolute atomic E-state index is 11.1. The number of pyridine rings is 1. The van der Waals surface area contributed by atoms with Gasteiger partial charge in [0.2, 0.25) is 0 Å². The summed E-state index contributed by atoms with van der Waals surface area (Å²) >= 11 is 3.99. The Hall–Kier alpha value is -1.15. The highest BCUT2D eigenvalue weighted by atomic mass is 79.9. The van der Waals surface area contributed by atoms with E-state index in [1.165, 1.54) is 12.3 Å². The molecule has 98 valence electrons. The number of nitrogens with zero attached hydrogens (tertiary/aromatic N) is 2. The quantitative estimate of drug-likeness (QED) is 0.505. The lowest BCUT2D eigenvalue weighted by Gasteiger charge is -2.14. The van der Waals surface area contributed by atoms with E-state index in [-0.39, 0.29) is 16.6 Å². The zero-order valence-electron chi connectivity index (χ0n) is 9.66. The fourth-order valence-electron chi connectivity index (χ4n) is 1.23. The van der Waals surface area contributed by atoms with Crippen LogP contribution in [0.2, 0.25) is 0 Å². The van der Waals surface area contributed by atoms with Crippen LogP contribution in [0.1, 0.15) is 13.8 Å². The number of aliphatic carboxylic acids is 1. The van der Waals surface area contributed by atoms with E-state index in [2.05, 4.69) is 20.9 Å². The van der Waals surface area contributed by atoms with E-state index in [1.54, 1.807) is 13.8 Å². The van der Waals surface area contributed by atoms with E-state index in [9.17, 15) is 14.9 Å². The second-order valence-corrected chi connectivity index (χ2v) is 5.90. The Kier molecular flexibility index (Phi) is 5.09. The van der Waals surface area contributed by atoms with E-state index in [4.69, 9.17) is 5.11 Å². The highest BCUT2D eigenvalue weighted by Gasteiger charge is 2.27. The molecule has 1 unspecified atom stereocenters. The summed E-state index contributed by atoms with van der Waals surface area (Å²) in [5, 5.41) is 19.3. The molecule has 0 amide bonds. The van der Waals surface area contributed by atoms with Gasteiger partial charge in [0, 0.05) is 16.7 Å². The fraction of sp³-hybridized carbons (Fsp3) is 0.400. The van der Waals surface area contributed by atoms with Crippen LogP contribution in [0.4, 0.5) is 5.69 Å². The standard InChI is InChI=1S/C10H11BrN2O4S/c1-5(2)8(10(14)15)18-9-7(13(16)17)3-6(11)4-12-9/h3-5,8H,1-2H3,(H,14,15). The molecule has 1 N–H and O–H groups in total. The van der Waals surface area contributed by atoms with Crippen LogP contribution in [0.25, 0.3) is 0 Å². The Bertz CT molecular complexity index is 481. The third-order valence-corrected chi connectivity index (χ3v) is 4.05. The minimum Gasteiger partial charge on any atom is -0.480 e. The van der Waals surface area contributed by atoms with Gasteiger partial charge in [0.15, 0.2) is 5.03 Å². The summed E-state index contributed by atoms with van der Waals surface area (Å²) < 4.78 is 0.481. The van der Waals surface area contributed by atoms with Crippen LogP contribution in [0.5, 0.6) is 0 Å². The maximum Gasteiger partial charge on any atom is 0.317 e. The summed E-state index contributed by atoms with van der Waals surface area (Å²) in [4.78, 5) is 25.3.